The Morgan fingerprint density at radius 3 is 2.71 bits per heavy atom. The maximum atomic E-state index is 13.3. The van der Waals surface area contributed by atoms with Crippen LogP contribution in [-0.4, -0.2) is 87.7 Å². The highest BCUT2D eigenvalue weighted by Gasteiger charge is 2.48. The van der Waals surface area contributed by atoms with Crippen LogP contribution in [0.25, 0.3) is 0 Å². The number of morpholine rings is 1. The zero-order valence-electron chi connectivity index (χ0n) is 30.4. The lowest BCUT2D eigenvalue weighted by Crippen LogP contribution is -2.52. The third kappa shape index (κ3) is 8.55. The molecule has 11 heteroatoms. The molecule has 2 N–H and O–H groups in total. The number of carbonyl (C=O) groups is 1. The number of hydrogen-bond donors (Lipinski definition) is 2. The van der Waals surface area contributed by atoms with Gasteiger partial charge in [0.1, 0.15) is 11.4 Å². The van der Waals surface area contributed by atoms with E-state index < -0.39 is 26.8 Å². The van der Waals surface area contributed by atoms with Crippen molar-refractivity contribution in [2.24, 2.45) is 11.8 Å². The first-order chi connectivity index (χ1) is 24.4. The van der Waals surface area contributed by atoms with Gasteiger partial charge in [-0.3, -0.25) is 9.69 Å². The Morgan fingerprint density at radius 1 is 1.18 bits per heavy atom. The van der Waals surface area contributed by atoms with Crippen LogP contribution in [0, 0.1) is 23.7 Å². The average Bonchev–Trinajstić information content (AvgIpc) is 3.24. The fraction of sp³-hybridized carbons (Fsp3) is 0.625. The van der Waals surface area contributed by atoms with Crippen LogP contribution in [0.4, 0.5) is 5.69 Å². The number of anilines is 1. The lowest BCUT2D eigenvalue weighted by Gasteiger charge is -2.48. The predicted molar refractivity (Wildman–Crippen MR) is 202 cm³/mol. The highest BCUT2D eigenvalue weighted by Crippen LogP contribution is 2.48. The fourth-order valence-corrected chi connectivity index (χ4v) is 9.11. The maximum Gasteiger partial charge on any atom is 0.264 e. The molecule has 1 saturated carbocycles. The third-order valence-electron chi connectivity index (χ3n) is 11.5. The summed E-state index contributed by atoms with van der Waals surface area (Å²) in [5.74, 6) is 6.95. The van der Waals surface area contributed by atoms with E-state index in [0.717, 1.165) is 88.5 Å². The van der Waals surface area contributed by atoms with Crippen LogP contribution < -0.4 is 14.4 Å². The van der Waals surface area contributed by atoms with Crippen molar-refractivity contribution in [1.29, 1.82) is 0 Å². The monoisotopic (exact) mass is 739 g/mol. The molecule has 2 aliphatic carbocycles. The van der Waals surface area contributed by atoms with Gasteiger partial charge in [-0.25, -0.2) is 13.1 Å². The Kier molecular flexibility index (Phi) is 11.9. The van der Waals surface area contributed by atoms with E-state index in [4.69, 9.17) is 21.1 Å². The number of carbonyl (C=O) groups excluding carboxylic acids is 1. The Balaban J connectivity index is 1.30. The number of benzene rings is 2. The number of unbranched alkanes of at least 4 members (excludes halogenated alkanes) is 1. The molecular weight excluding hydrogens is 686 g/mol. The number of hydrogen-bond acceptors (Lipinski definition) is 8. The van der Waals surface area contributed by atoms with Crippen molar-refractivity contribution in [3.05, 3.63) is 58.1 Å². The maximum absolute atomic E-state index is 13.3. The number of aliphatic hydroxyl groups is 1. The molecule has 278 valence electrons. The summed E-state index contributed by atoms with van der Waals surface area (Å²) in [6, 6.07) is 11.4. The van der Waals surface area contributed by atoms with Gasteiger partial charge in [-0.05, 0) is 106 Å². The summed E-state index contributed by atoms with van der Waals surface area (Å²) in [6.07, 6.45) is 8.01. The Labute approximate surface area is 309 Å². The molecule has 51 heavy (non-hydrogen) atoms. The quantitative estimate of drug-likeness (QED) is 0.272. The van der Waals surface area contributed by atoms with Crippen molar-refractivity contribution in [1.82, 2.24) is 9.62 Å². The summed E-state index contributed by atoms with van der Waals surface area (Å²) in [7, 11) is -3.81. The molecular formula is C40H54ClN3O6S. The van der Waals surface area contributed by atoms with E-state index in [0.29, 0.717) is 38.3 Å². The molecule has 0 aromatic heterocycles. The first-order valence-corrected chi connectivity index (χ1v) is 20.7. The molecule has 6 rings (SSSR count). The number of fused-ring (bicyclic) bond motifs is 3. The lowest BCUT2D eigenvalue weighted by molar-refractivity contribution is -0.0442. The van der Waals surface area contributed by atoms with Gasteiger partial charge in [0.05, 0.1) is 30.8 Å². The zero-order chi connectivity index (χ0) is 36.2. The topological polar surface area (TPSA) is 108 Å². The first-order valence-electron chi connectivity index (χ1n) is 18.8. The van der Waals surface area contributed by atoms with Crippen LogP contribution in [0.15, 0.2) is 36.4 Å². The highest BCUT2D eigenvalue weighted by atomic mass is 35.5. The van der Waals surface area contributed by atoms with Crippen molar-refractivity contribution in [3.63, 3.8) is 0 Å². The Bertz CT molecular complexity index is 1730. The van der Waals surface area contributed by atoms with Crippen molar-refractivity contribution >= 4 is 33.2 Å². The van der Waals surface area contributed by atoms with Crippen LogP contribution >= 0.6 is 11.6 Å². The van der Waals surface area contributed by atoms with Crippen LogP contribution in [0.1, 0.15) is 93.6 Å². The molecule has 1 amide bonds. The summed E-state index contributed by atoms with van der Waals surface area (Å²) in [4.78, 5) is 18.0. The molecule has 1 saturated heterocycles. The summed E-state index contributed by atoms with van der Waals surface area (Å²) in [5, 5.41) is 12.2. The number of halogens is 1. The van der Waals surface area contributed by atoms with Crippen LogP contribution in [0.2, 0.25) is 5.02 Å². The summed E-state index contributed by atoms with van der Waals surface area (Å²) in [6.45, 7) is 11.3. The van der Waals surface area contributed by atoms with E-state index >= 15 is 0 Å². The SMILES string of the molecule is CCCC[C@@](O)(C#CCCN1CCOCC1)[C@@H]1CC[C@H]1CN1C[C@@]2(CCCc3cc(Cl)ccc32)COc2ccc(C(=O)NS(=O)(=O)C(C)C)cc21. The van der Waals surface area contributed by atoms with Crippen LogP contribution in [-0.2, 0) is 26.6 Å². The second-order valence-electron chi connectivity index (χ2n) is 15.3. The Hall–Kier alpha value is -2.81. The molecule has 9 nitrogen and oxygen atoms in total. The molecule has 2 aromatic carbocycles. The van der Waals surface area contributed by atoms with Gasteiger partial charge < -0.3 is 19.5 Å². The standard InChI is InChI=1S/C40H54ClN3O6S/c1-4-5-17-40(46,18-6-7-19-43-20-22-49-23-21-43)35-13-10-32(35)26-44-27-39(16-8-9-30-24-33(41)12-14-34(30)39)28-50-37-15-11-31(25-36(37)44)38(45)42-51(47,48)29(2)3/h11-12,14-15,24-25,29,32,35,46H,4-5,7-10,13,16-17,19-23,26-28H2,1-3H3,(H,42,45)/t32-,35+,39-,40+/m0/s1. The number of nitrogens with zero attached hydrogens (tertiary/aromatic N) is 2. The first kappa shape index (κ1) is 37.9. The molecule has 2 aromatic rings. The third-order valence-corrected chi connectivity index (χ3v) is 13.5. The van der Waals surface area contributed by atoms with Crippen LogP contribution in [0.3, 0.4) is 0 Å². The fourth-order valence-electron chi connectivity index (χ4n) is 8.30. The van der Waals surface area contributed by atoms with E-state index in [1.165, 1.54) is 11.1 Å². The van der Waals surface area contributed by atoms with Gasteiger partial charge in [-0.1, -0.05) is 42.9 Å². The normalized spacial score (nSPS) is 24.6. The van der Waals surface area contributed by atoms with E-state index in [-0.39, 0.29) is 22.8 Å². The van der Waals surface area contributed by atoms with Crippen LogP contribution in [0.5, 0.6) is 5.75 Å². The molecule has 0 bridgehead atoms. The molecule has 2 heterocycles. The van der Waals surface area contributed by atoms with Gasteiger partial charge in [-0.2, -0.15) is 0 Å². The number of aryl methyl sites for hydroxylation is 1. The smallest absolute Gasteiger partial charge is 0.264 e. The van der Waals surface area contributed by atoms with E-state index in [2.05, 4.69) is 45.4 Å². The summed E-state index contributed by atoms with van der Waals surface area (Å²) >= 11 is 6.46. The second kappa shape index (κ2) is 16.1. The molecule has 2 aliphatic heterocycles. The van der Waals surface area contributed by atoms with Gasteiger partial charge >= 0.3 is 0 Å². The second-order valence-corrected chi connectivity index (χ2v) is 18.0. The van der Waals surface area contributed by atoms with E-state index in [9.17, 15) is 18.3 Å². The number of rotatable bonds is 11. The largest absolute Gasteiger partial charge is 0.490 e. The molecule has 1 spiro atoms. The minimum Gasteiger partial charge on any atom is -0.490 e. The van der Waals surface area contributed by atoms with E-state index in [1.54, 1.807) is 32.0 Å². The Morgan fingerprint density at radius 2 is 1.98 bits per heavy atom. The van der Waals surface area contributed by atoms with Gasteiger partial charge in [-0.15, -0.1) is 0 Å². The van der Waals surface area contributed by atoms with Gasteiger partial charge in [0.15, 0.2) is 0 Å². The summed E-state index contributed by atoms with van der Waals surface area (Å²) in [5.41, 5.74) is 2.12. The number of ether oxygens (including phenoxy) is 2. The van der Waals surface area contributed by atoms with Crippen molar-refractivity contribution in [3.8, 4) is 17.6 Å². The lowest BCUT2D eigenvalue weighted by atomic mass is 9.63. The molecule has 0 radical (unpaired) electrons. The number of nitrogens with one attached hydrogen (secondary N) is 1. The molecule has 4 aliphatic rings. The van der Waals surface area contributed by atoms with Crippen molar-refractivity contribution in [2.75, 3.05) is 57.4 Å². The average molecular weight is 740 g/mol. The predicted octanol–water partition coefficient (Wildman–Crippen LogP) is 5.95. The van der Waals surface area contributed by atoms with Gasteiger partial charge in [0.25, 0.3) is 5.91 Å². The van der Waals surface area contributed by atoms with Crippen molar-refractivity contribution in [2.45, 2.75) is 94.8 Å². The summed E-state index contributed by atoms with van der Waals surface area (Å²) < 4.78 is 39.6. The van der Waals surface area contributed by atoms with Gasteiger partial charge in [0.2, 0.25) is 10.0 Å². The molecule has 0 unspecified atom stereocenters. The number of sulfonamides is 1. The number of amides is 1. The van der Waals surface area contributed by atoms with Gasteiger partial charge in [0, 0.05) is 61.1 Å². The minimum atomic E-state index is -3.81. The zero-order valence-corrected chi connectivity index (χ0v) is 32.0. The van der Waals surface area contributed by atoms with E-state index in [1.807, 2.05) is 6.07 Å². The molecule has 2 fully saturated rings. The molecule has 4 atom stereocenters. The minimum absolute atomic E-state index is 0.0172. The van der Waals surface area contributed by atoms with Crippen molar-refractivity contribution < 1.29 is 27.8 Å². The highest BCUT2D eigenvalue weighted by molar-refractivity contribution is 7.90.